The van der Waals surface area contributed by atoms with Crippen molar-refractivity contribution >= 4 is 35.1 Å². The summed E-state index contributed by atoms with van der Waals surface area (Å²) in [4.78, 5) is 26.4. The zero-order chi connectivity index (χ0) is 18.5. The molecule has 2 aliphatic heterocycles. The number of nitrogens with two attached hydrogens (primary N) is 1. The first-order valence-corrected chi connectivity index (χ1v) is 10.1. The summed E-state index contributed by atoms with van der Waals surface area (Å²) >= 11 is 1.95. The summed E-state index contributed by atoms with van der Waals surface area (Å²) in [6.07, 6.45) is 1.69. The molecule has 3 rings (SSSR count). The van der Waals surface area contributed by atoms with Gasteiger partial charge in [0.1, 0.15) is 11.9 Å². The van der Waals surface area contributed by atoms with Gasteiger partial charge in [0, 0.05) is 19.5 Å². The number of hydrogen-bond acceptors (Lipinski definition) is 5. The van der Waals surface area contributed by atoms with Crippen molar-refractivity contribution < 1.29 is 18.7 Å². The Hall–Kier alpha value is -1.96. The Morgan fingerprint density at radius 1 is 1.31 bits per heavy atom. The van der Waals surface area contributed by atoms with Crippen molar-refractivity contribution in [3.63, 3.8) is 0 Å². The number of ether oxygens (including phenoxy) is 1. The zero-order valence-corrected chi connectivity index (χ0v) is 15.5. The number of rotatable bonds is 5. The molecule has 2 amide bonds. The fourth-order valence-electron chi connectivity index (χ4n) is 3.28. The number of primary amides is 1. The van der Waals surface area contributed by atoms with Crippen LogP contribution in [0, 0.1) is 5.82 Å². The average molecular weight is 381 g/mol. The van der Waals surface area contributed by atoms with E-state index in [1.165, 1.54) is 11.0 Å². The Morgan fingerprint density at radius 3 is 2.69 bits per heavy atom. The molecule has 1 atom stereocenters. The van der Waals surface area contributed by atoms with Crippen LogP contribution in [0.15, 0.2) is 18.2 Å². The van der Waals surface area contributed by atoms with Crippen molar-refractivity contribution in [2.45, 2.75) is 31.8 Å². The third-order valence-corrected chi connectivity index (χ3v) is 5.76. The van der Waals surface area contributed by atoms with Crippen LogP contribution in [0.1, 0.15) is 25.7 Å². The first-order valence-electron chi connectivity index (χ1n) is 8.93. The van der Waals surface area contributed by atoms with E-state index in [-0.39, 0.29) is 12.2 Å². The SMILES string of the molecule is NC(=O)CC[C@@H]1CN(c2ccc(N3CCCSCCC3)c(F)c2)C(=O)O1. The molecule has 8 heteroatoms. The minimum atomic E-state index is -0.519. The molecule has 6 nitrogen and oxygen atoms in total. The standard InChI is InChI=1S/C18H24FN3O3S/c19-15-11-13(22-12-14(25-18(22)24)4-6-17(20)23)3-5-16(15)21-7-1-9-26-10-2-8-21/h3,5,11,14H,1-2,4,6-10,12H2,(H2,20,23)/t14-/m1/s1. The van der Waals surface area contributed by atoms with Gasteiger partial charge in [0.2, 0.25) is 5.91 Å². The van der Waals surface area contributed by atoms with E-state index in [1.54, 1.807) is 12.1 Å². The minimum absolute atomic E-state index is 0.159. The molecule has 1 aromatic rings. The van der Waals surface area contributed by atoms with Crippen molar-refractivity contribution in [3.8, 4) is 0 Å². The summed E-state index contributed by atoms with van der Waals surface area (Å²) in [5, 5.41) is 0. The second-order valence-electron chi connectivity index (χ2n) is 6.56. The number of cyclic esters (lactones) is 1. The molecule has 2 heterocycles. The van der Waals surface area contributed by atoms with Crippen LogP contribution in [0.3, 0.4) is 0 Å². The van der Waals surface area contributed by atoms with Crippen molar-refractivity contribution in [2.24, 2.45) is 5.73 Å². The molecule has 1 aromatic carbocycles. The average Bonchev–Trinajstić information content (AvgIpc) is 2.94. The molecule has 2 fully saturated rings. The molecule has 0 unspecified atom stereocenters. The predicted molar refractivity (Wildman–Crippen MR) is 101 cm³/mol. The fraction of sp³-hybridized carbons (Fsp3) is 0.556. The molecular formula is C18H24FN3O3S. The molecule has 0 aliphatic carbocycles. The maximum atomic E-state index is 14.7. The normalized spacial score (nSPS) is 21.3. The number of anilines is 2. The van der Waals surface area contributed by atoms with Gasteiger partial charge >= 0.3 is 6.09 Å². The van der Waals surface area contributed by atoms with Gasteiger partial charge in [-0.1, -0.05) is 0 Å². The highest BCUT2D eigenvalue weighted by molar-refractivity contribution is 7.99. The van der Waals surface area contributed by atoms with Crippen molar-refractivity contribution in [3.05, 3.63) is 24.0 Å². The molecule has 142 valence electrons. The largest absolute Gasteiger partial charge is 0.444 e. The van der Waals surface area contributed by atoms with Crippen molar-refractivity contribution in [2.75, 3.05) is 40.9 Å². The smallest absolute Gasteiger partial charge is 0.414 e. The van der Waals surface area contributed by atoms with Crippen LogP contribution in [0.2, 0.25) is 0 Å². The number of carbonyl (C=O) groups excluding carboxylic acids is 2. The van der Waals surface area contributed by atoms with Gasteiger partial charge in [0.25, 0.3) is 0 Å². The lowest BCUT2D eigenvalue weighted by Crippen LogP contribution is -2.29. The molecule has 0 aromatic heterocycles. The Labute approximate surface area is 156 Å². The Bertz CT molecular complexity index is 665. The van der Waals surface area contributed by atoms with Crippen LogP contribution < -0.4 is 15.5 Å². The Kier molecular flexibility index (Phi) is 6.24. The molecule has 2 N–H and O–H groups in total. The molecule has 0 spiro atoms. The molecule has 26 heavy (non-hydrogen) atoms. The summed E-state index contributed by atoms with van der Waals surface area (Å²) < 4.78 is 20.0. The van der Waals surface area contributed by atoms with E-state index in [9.17, 15) is 14.0 Å². The number of carbonyl (C=O) groups is 2. The number of hydrogen-bond donors (Lipinski definition) is 1. The van der Waals surface area contributed by atoms with E-state index in [4.69, 9.17) is 10.5 Å². The summed E-state index contributed by atoms with van der Waals surface area (Å²) in [5.41, 5.74) is 6.19. The van der Waals surface area contributed by atoms with Crippen molar-refractivity contribution in [1.29, 1.82) is 0 Å². The maximum absolute atomic E-state index is 14.7. The molecule has 0 radical (unpaired) electrons. The van der Waals surface area contributed by atoms with Crippen LogP contribution in [0.5, 0.6) is 0 Å². The van der Waals surface area contributed by atoms with Crippen LogP contribution >= 0.6 is 11.8 Å². The zero-order valence-electron chi connectivity index (χ0n) is 14.7. The summed E-state index contributed by atoms with van der Waals surface area (Å²) in [6.45, 7) is 1.97. The van der Waals surface area contributed by atoms with Gasteiger partial charge in [-0.3, -0.25) is 9.69 Å². The molecule has 2 aliphatic rings. The highest BCUT2D eigenvalue weighted by atomic mass is 32.2. The Morgan fingerprint density at radius 2 is 2.04 bits per heavy atom. The van der Waals surface area contributed by atoms with Gasteiger partial charge < -0.3 is 15.4 Å². The molecule has 0 bridgehead atoms. The second kappa shape index (κ2) is 8.62. The van der Waals surface area contributed by atoms with E-state index < -0.39 is 18.1 Å². The molecular weight excluding hydrogens is 357 g/mol. The van der Waals surface area contributed by atoms with E-state index >= 15 is 0 Å². The second-order valence-corrected chi connectivity index (χ2v) is 7.79. The van der Waals surface area contributed by atoms with Crippen LogP contribution in [0.4, 0.5) is 20.6 Å². The number of thioether (sulfide) groups is 1. The number of amides is 2. The van der Waals surface area contributed by atoms with Gasteiger partial charge in [0.05, 0.1) is 17.9 Å². The van der Waals surface area contributed by atoms with Gasteiger partial charge in [-0.15, -0.1) is 0 Å². The lowest BCUT2D eigenvalue weighted by Gasteiger charge is -2.27. The summed E-state index contributed by atoms with van der Waals surface area (Å²) in [6, 6.07) is 4.88. The van der Waals surface area contributed by atoms with Crippen LogP contribution in [0.25, 0.3) is 0 Å². The molecule has 0 saturated carbocycles. The van der Waals surface area contributed by atoms with Gasteiger partial charge in [0.15, 0.2) is 0 Å². The van der Waals surface area contributed by atoms with E-state index in [2.05, 4.69) is 4.90 Å². The van der Waals surface area contributed by atoms with Crippen molar-refractivity contribution in [1.82, 2.24) is 0 Å². The van der Waals surface area contributed by atoms with Crippen LogP contribution in [-0.2, 0) is 9.53 Å². The van der Waals surface area contributed by atoms with E-state index in [0.717, 1.165) is 37.4 Å². The number of halogens is 1. The van der Waals surface area contributed by atoms with Gasteiger partial charge in [-0.25, -0.2) is 9.18 Å². The summed E-state index contributed by atoms with van der Waals surface area (Å²) in [7, 11) is 0. The minimum Gasteiger partial charge on any atom is -0.444 e. The predicted octanol–water partition coefficient (Wildman–Crippen LogP) is 2.75. The fourth-order valence-corrected chi connectivity index (χ4v) is 4.15. The topological polar surface area (TPSA) is 75.9 Å². The summed E-state index contributed by atoms with van der Waals surface area (Å²) in [5.74, 6) is 1.44. The third kappa shape index (κ3) is 4.60. The van der Waals surface area contributed by atoms with E-state index in [0.29, 0.717) is 24.3 Å². The van der Waals surface area contributed by atoms with Gasteiger partial charge in [-0.05, 0) is 49.0 Å². The Balaban J connectivity index is 1.68. The quantitative estimate of drug-likeness (QED) is 0.849. The lowest BCUT2D eigenvalue weighted by atomic mass is 10.1. The van der Waals surface area contributed by atoms with Gasteiger partial charge in [-0.2, -0.15) is 11.8 Å². The first kappa shape index (κ1) is 18.8. The van der Waals surface area contributed by atoms with E-state index in [1.807, 2.05) is 11.8 Å². The highest BCUT2D eigenvalue weighted by Crippen LogP contribution is 2.29. The first-order chi connectivity index (χ1) is 12.5. The number of benzene rings is 1. The number of nitrogens with zero attached hydrogens (tertiary/aromatic N) is 2. The highest BCUT2D eigenvalue weighted by Gasteiger charge is 2.32. The third-order valence-electron chi connectivity index (χ3n) is 4.60. The van der Waals surface area contributed by atoms with Crippen LogP contribution in [-0.4, -0.2) is 49.2 Å². The maximum Gasteiger partial charge on any atom is 0.414 e. The monoisotopic (exact) mass is 381 g/mol. The lowest BCUT2D eigenvalue weighted by molar-refractivity contribution is -0.118. The molecule has 2 saturated heterocycles.